The van der Waals surface area contributed by atoms with Gasteiger partial charge in [0.1, 0.15) is 11.6 Å². The molecule has 2 aromatic carbocycles. The van der Waals surface area contributed by atoms with Crippen LogP contribution in [0.1, 0.15) is 26.3 Å². The van der Waals surface area contributed by atoms with Crippen LogP contribution >= 0.6 is 0 Å². The molecule has 0 amide bonds. The maximum absolute atomic E-state index is 12.6. The number of benzene rings is 2. The summed E-state index contributed by atoms with van der Waals surface area (Å²) < 4.78 is 32.4. The van der Waals surface area contributed by atoms with Gasteiger partial charge in [0.15, 0.2) is 0 Å². The average Bonchev–Trinajstić information content (AvgIpc) is 2.76. The fraction of sp³-hybridized carbons (Fsp3) is 0.240. The number of H-pyrrole nitrogens is 1. The molecule has 0 aliphatic rings. The minimum Gasteiger partial charge on any atom is -0.496 e. The van der Waals surface area contributed by atoms with Crippen molar-refractivity contribution in [1.29, 1.82) is 0 Å². The SMILES string of the molecule is COc1c(-c2ccc3nc(NS(C)(=O)=O)ccc3c2)cc(-n2c(=O)cc[nH]c2=O)cc1C(C)(C)C. The summed E-state index contributed by atoms with van der Waals surface area (Å²) in [4.78, 5) is 32.0. The van der Waals surface area contributed by atoms with Crippen LogP contribution in [0.3, 0.4) is 0 Å². The lowest BCUT2D eigenvalue weighted by Gasteiger charge is -2.25. The first-order valence-corrected chi connectivity index (χ1v) is 12.7. The molecule has 0 fully saturated rings. The Hall–Kier alpha value is -3.92. The fourth-order valence-electron chi connectivity index (χ4n) is 3.94. The number of fused-ring (bicyclic) bond motifs is 1. The number of nitrogens with zero attached hydrogens (tertiary/aromatic N) is 2. The summed E-state index contributed by atoms with van der Waals surface area (Å²) in [7, 11) is -1.86. The molecule has 0 unspecified atom stereocenters. The zero-order valence-corrected chi connectivity index (χ0v) is 20.9. The van der Waals surface area contributed by atoms with Crippen molar-refractivity contribution >= 4 is 26.7 Å². The van der Waals surface area contributed by atoms with E-state index in [0.29, 0.717) is 22.5 Å². The molecule has 0 saturated heterocycles. The Morgan fingerprint density at radius 3 is 2.40 bits per heavy atom. The van der Waals surface area contributed by atoms with Crippen molar-refractivity contribution in [2.45, 2.75) is 26.2 Å². The molecule has 0 atom stereocenters. The van der Waals surface area contributed by atoms with Gasteiger partial charge in [-0.15, -0.1) is 0 Å². The van der Waals surface area contributed by atoms with Crippen molar-refractivity contribution in [3.8, 4) is 22.6 Å². The minimum absolute atomic E-state index is 0.227. The van der Waals surface area contributed by atoms with Crippen molar-refractivity contribution in [1.82, 2.24) is 14.5 Å². The van der Waals surface area contributed by atoms with Gasteiger partial charge in [0.2, 0.25) is 10.0 Å². The molecule has 4 rings (SSSR count). The maximum Gasteiger partial charge on any atom is 0.332 e. The Balaban J connectivity index is 1.97. The van der Waals surface area contributed by atoms with Gasteiger partial charge >= 0.3 is 5.69 Å². The Labute approximate surface area is 202 Å². The number of hydrogen-bond donors (Lipinski definition) is 2. The van der Waals surface area contributed by atoms with Crippen LogP contribution in [0.4, 0.5) is 5.82 Å². The number of sulfonamides is 1. The molecule has 0 bridgehead atoms. The van der Waals surface area contributed by atoms with Gasteiger partial charge in [-0.05, 0) is 47.4 Å². The summed E-state index contributed by atoms with van der Waals surface area (Å²) in [6.07, 6.45) is 2.39. The number of nitrogens with one attached hydrogen (secondary N) is 2. The first-order chi connectivity index (χ1) is 16.4. The number of ether oxygens (including phenoxy) is 1. The van der Waals surface area contributed by atoms with Gasteiger partial charge in [-0.2, -0.15) is 0 Å². The smallest absolute Gasteiger partial charge is 0.332 e. The van der Waals surface area contributed by atoms with E-state index >= 15 is 0 Å². The third kappa shape index (κ3) is 4.97. The number of pyridine rings is 1. The number of hydrogen-bond acceptors (Lipinski definition) is 6. The Kier molecular flexibility index (Phi) is 6.02. The summed E-state index contributed by atoms with van der Waals surface area (Å²) in [6.45, 7) is 6.07. The number of methoxy groups -OCH3 is 1. The Morgan fingerprint density at radius 2 is 1.77 bits per heavy atom. The molecule has 4 aromatic rings. The largest absolute Gasteiger partial charge is 0.496 e. The third-order valence-corrected chi connectivity index (χ3v) is 6.07. The van der Waals surface area contributed by atoms with Gasteiger partial charge in [0, 0.05) is 28.8 Å². The maximum atomic E-state index is 12.6. The van der Waals surface area contributed by atoms with E-state index < -0.39 is 21.3 Å². The molecule has 0 radical (unpaired) electrons. The van der Waals surface area contributed by atoms with Gasteiger partial charge in [0.05, 0.1) is 24.6 Å². The highest BCUT2D eigenvalue weighted by molar-refractivity contribution is 7.92. The first-order valence-electron chi connectivity index (χ1n) is 10.8. The average molecular weight is 495 g/mol. The lowest BCUT2D eigenvalue weighted by atomic mass is 9.83. The summed E-state index contributed by atoms with van der Waals surface area (Å²) in [5.74, 6) is 0.856. The van der Waals surface area contributed by atoms with Crippen molar-refractivity contribution in [2.75, 3.05) is 18.1 Å². The highest BCUT2D eigenvalue weighted by atomic mass is 32.2. The van der Waals surface area contributed by atoms with Crippen molar-refractivity contribution < 1.29 is 13.2 Å². The standard InChI is InChI=1S/C25H26N4O5S/c1-25(2,3)19-14-17(29-22(30)10-11-26-24(29)31)13-18(23(19)34-4)15-6-8-20-16(12-15)7-9-21(27-20)28-35(5,32)33/h6-14H,1-5H3,(H,26,31)(H,27,28). The molecule has 35 heavy (non-hydrogen) atoms. The molecule has 0 spiro atoms. The molecule has 9 nitrogen and oxygen atoms in total. The quantitative estimate of drug-likeness (QED) is 0.438. The van der Waals surface area contributed by atoms with Crippen molar-refractivity contribution in [3.63, 3.8) is 0 Å². The van der Waals surface area contributed by atoms with Crippen LogP contribution in [0, 0.1) is 0 Å². The zero-order valence-electron chi connectivity index (χ0n) is 20.0. The molecule has 182 valence electrons. The van der Waals surface area contributed by atoms with Crippen LogP contribution in [0.2, 0.25) is 0 Å². The predicted octanol–water partition coefficient (Wildman–Crippen LogP) is 3.42. The summed E-state index contributed by atoms with van der Waals surface area (Å²) in [5.41, 5.74) is 1.99. The highest BCUT2D eigenvalue weighted by Crippen LogP contribution is 2.41. The second-order valence-corrected chi connectivity index (χ2v) is 11.0. The van der Waals surface area contributed by atoms with Gasteiger partial charge < -0.3 is 9.72 Å². The van der Waals surface area contributed by atoms with E-state index in [2.05, 4.69) is 14.7 Å². The highest BCUT2D eigenvalue weighted by Gasteiger charge is 2.24. The fourth-order valence-corrected chi connectivity index (χ4v) is 4.44. The lowest BCUT2D eigenvalue weighted by molar-refractivity contribution is 0.399. The first kappa shape index (κ1) is 24.2. The van der Waals surface area contributed by atoms with Crippen molar-refractivity contribution in [2.24, 2.45) is 0 Å². The molecule has 2 N–H and O–H groups in total. The Bertz CT molecular complexity index is 1640. The normalized spacial score (nSPS) is 12.0. The molecule has 0 aliphatic heterocycles. The molecule has 10 heteroatoms. The van der Waals surface area contributed by atoms with Gasteiger partial charge in [-0.3, -0.25) is 9.52 Å². The van der Waals surface area contributed by atoms with Crippen LogP contribution in [-0.2, 0) is 15.4 Å². The number of aromatic nitrogens is 3. The van der Waals surface area contributed by atoms with Gasteiger partial charge in [-0.25, -0.2) is 22.8 Å². The van der Waals surface area contributed by atoms with E-state index in [1.165, 1.54) is 12.3 Å². The summed E-state index contributed by atoms with van der Waals surface area (Å²) >= 11 is 0. The van der Waals surface area contributed by atoms with Crippen LogP contribution in [0.5, 0.6) is 5.75 Å². The molecule has 0 aliphatic carbocycles. The predicted molar refractivity (Wildman–Crippen MR) is 137 cm³/mol. The van der Waals surface area contributed by atoms with Gasteiger partial charge in [0.25, 0.3) is 5.56 Å². The topological polar surface area (TPSA) is 123 Å². The van der Waals surface area contributed by atoms with E-state index in [4.69, 9.17) is 4.74 Å². The van der Waals surface area contributed by atoms with E-state index in [9.17, 15) is 18.0 Å². The van der Waals surface area contributed by atoms with E-state index in [1.54, 1.807) is 37.4 Å². The van der Waals surface area contributed by atoms with E-state index in [1.807, 2.05) is 32.9 Å². The second-order valence-electron chi connectivity index (χ2n) is 9.26. The summed E-state index contributed by atoms with van der Waals surface area (Å²) in [6, 6.07) is 13.7. The zero-order chi connectivity index (χ0) is 25.5. The van der Waals surface area contributed by atoms with E-state index in [0.717, 1.165) is 27.3 Å². The minimum atomic E-state index is -3.45. The van der Waals surface area contributed by atoms with Crippen molar-refractivity contribution in [3.05, 3.63) is 81.1 Å². The van der Waals surface area contributed by atoms with Gasteiger partial charge in [-0.1, -0.05) is 26.8 Å². The molecule has 2 heterocycles. The van der Waals surface area contributed by atoms with Crippen LogP contribution in [0.15, 0.2) is 64.3 Å². The van der Waals surface area contributed by atoms with E-state index in [-0.39, 0.29) is 11.2 Å². The molecule has 2 aromatic heterocycles. The lowest BCUT2D eigenvalue weighted by Crippen LogP contribution is -2.32. The third-order valence-electron chi connectivity index (χ3n) is 5.49. The number of anilines is 1. The second kappa shape index (κ2) is 8.70. The van der Waals surface area contributed by atoms with Crippen LogP contribution in [0.25, 0.3) is 27.7 Å². The number of rotatable bonds is 5. The van der Waals surface area contributed by atoms with Crippen LogP contribution in [-0.4, -0.2) is 36.3 Å². The number of aromatic amines is 1. The summed E-state index contributed by atoms with van der Waals surface area (Å²) in [5, 5.41) is 0.779. The molecular weight excluding hydrogens is 468 g/mol. The Morgan fingerprint density at radius 1 is 1.03 bits per heavy atom. The molecular formula is C25H26N4O5S. The monoisotopic (exact) mass is 494 g/mol. The molecule has 0 saturated carbocycles. The van der Waals surface area contributed by atoms with Crippen LogP contribution < -0.4 is 20.7 Å².